The van der Waals surface area contributed by atoms with E-state index in [1.807, 2.05) is 0 Å². The second-order valence-corrected chi connectivity index (χ2v) is 4.80. The molecule has 0 atom stereocenters. The van der Waals surface area contributed by atoms with Crippen LogP contribution in [0.1, 0.15) is 5.89 Å². The molecule has 0 saturated heterocycles. The van der Waals surface area contributed by atoms with Crippen LogP contribution in [0.2, 0.25) is 0 Å². The number of nitrogens with two attached hydrogens (primary N) is 1. The predicted octanol–water partition coefficient (Wildman–Crippen LogP) is -0.746. The monoisotopic (exact) mass is 271 g/mol. The van der Waals surface area contributed by atoms with E-state index >= 15 is 0 Å². The van der Waals surface area contributed by atoms with Gasteiger partial charge in [-0.15, -0.1) is 5.10 Å². The van der Waals surface area contributed by atoms with Crippen molar-refractivity contribution in [2.24, 2.45) is 5.84 Å². The summed E-state index contributed by atoms with van der Waals surface area (Å²) in [5.41, 5.74) is 2.18. The lowest BCUT2D eigenvalue weighted by atomic mass is 10.7. The van der Waals surface area contributed by atoms with Gasteiger partial charge in [0.2, 0.25) is 11.8 Å². The van der Waals surface area contributed by atoms with Gasteiger partial charge < -0.3 is 4.42 Å². The van der Waals surface area contributed by atoms with Gasteiger partial charge in [0, 0.05) is 6.92 Å². The van der Waals surface area contributed by atoms with Crippen LogP contribution >= 0.6 is 0 Å². The summed E-state index contributed by atoms with van der Waals surface area (Å²) in [6.07, 6.45) is 2.18. The van der Waals surface area contributed by atoms with Crippen molar-refractivity contribution < 1.29 is 12.8 Å². The van der Waals surface area contributed by atoms with Gasteiger partial charge in [0.1, 0.15) is 4.90 Å². The Bertz CT molecular complexity index is 635. The maximum absolute atomic E-state index is 11.8. The normalized spacial score (nSPS) is 11.2. The van der Waals surface area contributed by atoms with Crippen LogP contribution in [0.3, 0.4) is 0 Å². The quantitative estimate of drug-likeness (QED) is 0.482. The molecule has 4 N–H and O–H groups in total. The van der Waals surface area contributed by atoms with E-state index in [1.165, 1.54) is 6.92 Å². The molecule has 0 saturated carbocycles. The molecule has 2 aromatic heterocycles. The van der Waals surface area contributed by atoms with Gasteiger partial charge in [-0.25, -0.2) is 29.0 Å². The standard InChI is InChI=1S/C7H9N7O3S/c1-4-12-13-7(17-4)14-18(15,16)5-2-9-6(11-8)10-3-5/h2-3H,8H2,1H3,(H,13,14)(H,9,10,11). The van der Waals surface area contributed by atoms with E-state index in [9.17, 15) is 8.42 Å². The summed E-state index contributed by atoms with van der Waals surface area (Å²) in [5.74, 6) is 5.40. The van der Waals surface area contributed by atoms with Gasteiger partial charge in [-0.05, 0) is 0 Å². The Balaban J connectivity index is 2.24. The topological polar surface area (TPSA) is 149 Å². The van der Waals surface area contributed by atoms with E-state index in [0.29, 0.717) is 0 Å². The molecule has 2 heterocycles. The fraction of sp³-hybridized carbons (Fsp3) is 0.143. The Kier molecular flexibility index (Phi) is 3.08. The Morgan fingerprint density at radius 2 is 1.94 bits per heavy atom. The Morgan fingerprint density at radius 3 is 2.44 bits per heavy atom. The number of aryl methyl sites for hydroxylation is 1. The summed E-state index contributed by atoms with van der Waals surface area (Å²) in [5, 5.41) is 7.00. The number of hydrazine groups is 1. The minimum Gasteiger partial charge on any atom is -0.408 e. The molecule has 0 amide bonds. The van der Waals surface area contributed by atoms with Gasteiger partial charge in [0.25, 0.3) is 10.0 Å². The maximum Gasteiger partial charge on any atom is 0.329 e. The summed E-state index contributed by atoms with van der Waals surface area (Å²) in [6, 6.07) is -0.228. The first-order valence-corrected chi connectivity index (χ1v) is 6.11. The molecule has 0 aromatic carbocycles. The molecule has 2 rings (SSSR count). The van der Waals surface area contributed by atoms with Crippen molar-refractivity contribution in [3.63, 3.8) is 0 Å². The molecule has 10 nitrogen and oxygen atoms in total. The zero-order valence-electron chi connectivity index (χ0n) is 9.15. The number of nitrogens with one attached hydrogen (secondary N) is 2. The Morgan fingerprint density at radius 1 is 1.28 bits per heavy atom. The molecule has 0 aliphatic rings. The van der Waals surface area contributed by atoms with Crippen LogP contribution in [-0.2, 0) is 10.0 Å². The first kappa shape index (κ1) is 12.2. The molecule has 18 heavy (non-hydrogen) atoms. The highest BCUT2D eigenvalue weighted by molar-refractivity contribution is 7.92. The van der Waals surface area contributed by atoms with Crippen LogP contribution in [0, 0.1) is 6.92 Å². The van der Waals surface area contributed by atoms with E-state index in [2.05, 4.69) is 30.3 Å². The molecule has 0 aliphatic carbocycles. The number of nitrogen functional groups attached to an aromatic ring is 1. The summed E-state index contributed by atoms with van der Waals surface area (Å²) in [6.45, 7) is 1.54. The van der Waals surface area contributed by atoms with Gasteiger partial charge in [-0.1, -0.05) is 5.10 Å². The third-order valence-electron chi connectivity index (χ3n) is 1.82. The van der Waals surface area contributed by atoms with Gasteiger partial charge in [-0.3, -0.25) is 5.43 Å². The van der Waals surface area contributed by atoms with Crippen molar-refractivity contribution in [2.45, 2.75) is 11.8 Å². The SMILES string of the molecule is Cc1nnc(NS(=O)(=O)c2cnc(NN)nc2)o1. The van der Waals surface area contributed by atoms with Crippen molar-refractivity contribution in [3.05, 3.63) is 18.3 Å². The number of anilines is 2. The summed E-state index contributed by atoms with van der Waals surface area (Å²) in [7, 11) is -3.86. The number of sulfonamides is 1. The molecular formula is C7H9N7O3S. The van der Waals surface area contributed by atoms with Crippen LogP contribution in [0.15, 0.2) is 21.7 Å². The lowest BCUT2D eigenvalue weighted by Gasteiger charge is -2.03. The van der Waals surface area contributed by atoms with Gasteiger partial charge in [-0.2, -0.15) is 0 Å². The Labute approximate surface area is 102 Å². The number of rotatable bonds is 4. The second kappa shape index (κ2) is 4.54. The molecule has 0 fully saturated rings. The van der Waals surface area contributed by atoms with Gasteiger partial charge in [0.15, 0.2) is 0 Å². The molecule has 0 radical (unpaired) electrons. The molecule has 96 valence electrons. The maximum atomic E-state index is 11.8. The number of hydrogen-bond acceptors (Lipinski definition) is 9. The Hall–Kier alpha value is -2.27. The average Bonchev–Trinajstić information content (AvgIpc) is 2.74. The lowest BCUT2D eigenvalue weighted by Crippen LogP contribution is -2.15. The van der Waals surface area contributed by atoms with Crippen LogP contribution in [0.5, 0.6) is 0 Å². The van der Waals surface area contributed by atoms with E-state index in [4.69, 9.17) is 10.3 Å². The third-order valence-corrected chi connectivity index (χ3v) is 3.09. The van der Waals surface area contributed by atoms with E-state index < -0.39 is 10.0 Å². The minimum absolute atomic E-state index is 0.0996. The van der Waals surface area contributed by atoms with Crippen molar-refractivity contribution in [2.75, 3.05) is 10.1 Å². The molecule has 0 unspecified atom stereocenters. The number of nitrogens with zero attached hydrogens (tertiary/aromatic N) is 4. The molecule has 11 heteroatoms. The van der Waals surface area contributed by atoms with Crippen molar-refractivity contribution >= 4 is 22.0 Å². The van der Waals surface area contributed by atoms with Crippen LogP contribution in [0.4, 0.5) is 12.0 Å². The largest absolute Gasteiger partial charge is 0.408 e. The molecule has 0 bridgehead atoms. The number of hydrogen-bond donors (Lipinski definition) is 3. The minimum atomic E-state index is -3.86. The predicted molar refractivity (Wildman–Crippen MR) is 59.7 cm³/mol. The molecule has 0 aliphatic heterocycles. The van der Waals surface area contributed by atoms with Crippen LogP contribution in [0.25, 0.3) is 0 Å². The van der Waals surface area contributed by atoms with E-state index in [0.717, 1.165) is 12.4 Å². The molecule has 0 spiro atoms. The van der Waals surface area contributed by atoms with E-state index in [1.54, 1.807) is 0 Å². The fourth-order valence-corrected chi connectivity index (χ4v) is 1.85. The van der Waals surface area contributed by atoms with Gasteiger partial charge >= 0.3 is 6.01 Å². The highest BCUT2D eigenvalue weighted by Gasteiger charge is 2.18. The lowest BCUT2D eigenvalue weighted by molar-refractivity contribution is 0.534. The zero-order chi connectivity index (χ0) is 13.2. The average molecular weight is 271 g/mol. The highest BCUT2D eigenvalue weighted by atomic mass is 32.2. The molecular weight excluding hydrogens is 262 g/mol. The second-order valence-electron chi connectivity index (χ2n) is 3.12. The smallest absolute Gasteiger partial charge is 0.329 e. The summed E-state index contributed by atoms with van der Waals surface area (Å²) in [4.78, 5) is 7.20. The van der Waals surface area contributed by atoms with Crippen molar-refractivity contribution in [3.8, 4) is 0 Å². The van der Waals surface area contributed by atoms with Crippen LogP contribution in [-0.4, -0.2) is 28.6 Å². The molecule has 2 aromatic rings. The number of aromatic nitrogens is 4. The van der Waals surface area contributed by atoms with Crippen LogP contribution < -0.4 is 16.0 Å². The summed E-state index contributed by atoms with van der Waals surface area (Å²) < 4.78 is 30.7. The zero-order valence-corrected chi connectivity index (χ0v) is 9.97. The fourth-order valence-electron chi connectivity index (χ4n) is 1.04. The van der Waals surface area contributed by atoms with E-state index in [-0.39, 0.29) is 22.7 Å². The van der Waals surface area contributed by atoms with Gasteiger partial charge in [0.05, 0.1) is 12.4 Å². The summed E-state index contributed by atoms with van der Waals surface area (Å²) >= 11 is 0. The first-order chi connectivity index (χ1) is 8.51. The van der Waals surface area contributed by atoms with Crippen molar-refractivity contribution in [1.82, 2.24) is 20.2 Å². The third kappa shape index (κ3) is 2.52. The first-order valence-electron chi connectivity index (χ1n) is 4.63. The van der Waals surface area contributed by atoms with Crippen molar-refractivity contribution in [1.29, 1.82) is 0 Å². The highest BCUT2D eigenvalue weighted by Crippen LogP contribution is 2.13.